The summed E-state index contributed by atoms with van der Waals surface area (Å²) >= 11 is 0. The first kappa shape index (κ1) is 16.3. The van der Waals surface area contributed by atoms with Gasteiger partial charge in [-0.2, -0.15) is 0 Å². The maximum Gasteiger partial charge on any atom is 0.157 e. The number of benzene rings is 1. The Labute approximate surface area is 144 Å². The highest BCUT2D eigenvalue weighted by atomic mass is 15.3. The standard InChI is InChI=1S/C20H24N4/c1-14-8-7-9-15(2)24(14)20-19(21)18(22-16(3)23-20)13-12-17-10-5-4-6-11-17/h4-6,10-11,14-15H,7-9,21H2,1-3H3/t14-,15+. The van der Waals surface area contributed by atoms with E-state index in [2.05, 4.69) is 40.6 Å². The molecule has 2 atom stereocenters. The smallest absolute Gasteiger partial charge is 0.157 e. The molecular formula is C20H24N4. The van der Waals surface area contributed by atoms with Crippen molar-refractivity contribution in [2.24, 2.45) is 0 Å². The number of anilines is 2. The Morgan fingerprint density at radius 3 is 2.38 bits per heavy atom. The number of nitrogen functional groups attached to an aromatic ring is 1. The van der Waals surface area contributed by atoms with Crippen LogP contribution in [0.3, 0.4) is 0 Å². The number of aryl methyl sites for hydroxylation is 1. The zero-order valence-corrected chi connectivity index (χ0v) is 14.6. The zero-order valence-electron chi connectivity index (χ0n) is 14.6. The van der Waals surface area contributed by atoms with Crippen LogP contribution in [0.25, 0.3) is 0 Å². The first-order valence-electron chi connectivity index (χ1n) is 8.55. The van der Waals surface area contributed by atoms with Crippen LogP contribution in [-0.4, -0.2) is 22.1 Å². The lowest BCUT2D eigenvalue weighted by molar-refractivity contribution is 0.411. The van der Waals surface area contributed by atoms with Crippen molar-refractivity contribution in [1.82, 2.24) is 9.97 Å². The van der Waals surface area contributed by atoms with Crippen LogP contribution in [-0.2, 0) is 0 Å². The predicted octanol–water partition coefficient (Wildman–Crippen LogP) is 3.53. The molecule has 1 aromatic heterocycles. The molecule has 1 aliphatic heterocycles. The maximum absolute atomic E-state index is 6.40. The third kappa shape index (κ3) is 3.35. The van der Waals surface area contributed by atoms with Crippen molar-refractivity contribution in [3.8, 4) is 11.8 Å². The van der Waals surface area contributed by atoms with Crippen molar-refractivity contribution >= 4 is 11.5 Å². The van der Waals surface area contributed by atoms with Gasteiger partial charge >= 0.3 is 0 Å². The quantitative estimate of drug-likeness (QED) is 0.817. The topological polar surface area (TPSA) is 55.0 Å². The van der Waals surface area contributed by atoms with E-state index in [-0.39, 0.29) is 0 Å². The van der Waals surface area contributed by atoms with E-state index < -0.39 is 0 Å². The lowest BCUT2D eigenvalue weighted by Crippen LogP contribution is -2.44. The molecule has 1 aromatic carbocycles. The molecule has 124 valence electrons. The van der Waals surface area contributed by atoms with E-state index >= 15 is 0 Å². The summed E-state index contributed by atoms with van der Waals surface area (Å²) in [6.45, 7) is 6.37. The molecule has 0 aliphatic carbocycles. The van der Waals surface area contributed by atoms with E-state index in [4.69, 9.17) is 5.73 Å². The highest BCUT2D eigenvalue weighted by Crippen LogP contribution is 2.32. The van der Waals surface area contributed by atoms with Gasteiger partial charge in [-0.15, -0.1) is 0 Å². The summed E-state index contributed by atoms with van der Waals surface area (Å²) in [6.07, 6.45) is 3.58. The minimum Gasteiger partial charge on any atom is -0.393 e. The van der Waals surface area contributed by atoms with Crippen LogP contribution in [0, 0.1) is 18.8 Å². The van der Waals surface area contributed by atoms with Gasteiger partial charge in [0, 0.05) is 17.6 Å². The average Bonchev–Trinajstić information content (AvgIpc) is 2.57. The van der Waals surface area contributed by atoms with Gasteiger partial charge in [0.05, 0.1) is 0 Å². The minimum absolute atomic E-state index is 0.431. The second-order valence-electron chi connectivity index (χ2n) is 6.51. The molecule has 1 aliphatic rings. The molecule has 4 nitrogen and oxygen atoms in total. The Bertz CT molecular complexity index is 763. The average molecular weight is 320 g/mol. The van der Waals surface area contributed by atoms with Crippen LogP contribution >= 0.6 is 0 Å². The lowest BCUT2D eigenvalue weighted by atomic mass is 9.97. The molecule has 0 bridgehead atoms. The van der Waals surface area contributed by atoms with Crippen LogP contribution in [0.1, 0.15) is 50.2 Å². The SMILES string of the molecule is Cc1nc(C#Cc2ccccc2)c(N)c(N2[C@H](C)CCC[C@@H]2C)n1. The summed E-state index contributed by atoms with van der Waals surface area (Å²) in [5.74, 6) is 7.81. The van der Waals surface area contributed by atoms with Crippen molar-refractivity contribution in [1.29, 1.82) is 0 Å². The number of nitrogens with two attached hydrogens (primary N) is 1. The van der Waals surface area contributed by atoms with Crippen molar-refractivity contribution in [2.75, 3.05) is 10.6 Å². The van der Waals surface area contributed by atoms with E-state index in [1.165, 1.54) is 6.42 Å². The van der Waals surface area contributed by atoms with E-state index in [9.17, 15) is 0 Å². The Morgan fingerprint density at radius 2 is 1.71 bits per heavy atom. The van der Waals surface area contributed by atoms with Crippen LogP contribution in [0.4, 0.5) is 11.5 Å². The van der Waals surface area contributed by atoms with Gasteiger partial charge in [-0.3, -0.25) is 0 Å². The molecule has 0 amide bonds. The molecule has 1 saturated heterocycles. The highest BCUT2D eigenvalue weighted by Gasteiger charge is 2.28. The summed E-state index contributed by atoms with van der Waals surface area (Å²) in [5, 5.41) is 0. The molecule has 2 N–H and O–H groups in total. The molecule has 3 rings (SSSR count). The van der Waals surface area contributed by atoms with E-state index in [1.54, 1.807) is 0 Å². The zero-order chi connectivity index (χ0) is 17.1. The lowest BCUT2D eigenvalue weighted by Gasteiger charge is -2.40. The first-order valence-corrected chi connectivity index (χ1v) is 8.55. The summed E-state index contributed by atoms with van der Waals surface area (Å²) in [5.41, 5.74) is 8.56. The fraction of sp³-hybridized carbons (Fsp3) is 0.400. The molecule has 2 heterocycles. The van der Waals surface area contributed by atoms with Crippen molar-refractivity contribution < 1.29 is 0 Å². The summed E-state index contributed by atoms with van der Waals surface area (Å²) in [4.78, 5) is 11.4. The van der Waals surface area contributed by atoms with Crippen LogP contribution in [0.15, 0.2) is 30.3 Å². The molecule has 1 fully saturated rings. The molecule has 0 radical (unpaired) electrons. The molecule has 2 aromatic rings. The number of aromatic nitrogens is 2. The van der Waals surface area contributed by atoms with Gasteiger partial charge in [0.2, 0.25) is 0 Å². The molecule has 0 saturated carbocycles. The third-order valence-corrected chi connectivity index (χ3v) is 4.57. The predicted molar refractivity (Wildman–Crippen MR) is 98.9 cm³/mol. The Morgan fingerprint density at radius 1 is 1.04 bits per heavy atom. The van der Waals surface area contributed by atoms with Gasteiger partial charge in [-0.25, -0.2) is 9.97 Å². The number of hydrogen-bond acceptors (Lipinski definition) is 4. The minimum atomic E-state index is 0.431. The normalized spacial score (nSPS) is 20.4. The number of piperidine rings is 1. The molecular weight excluding hydrogens is 296 g/mol. The van der Waals surface area contributed by atoms with Crippen LogP contribution in [0.5, 0.6) is 0 Å². The second-order valence-corrected chi connectivity index (χ2v) is 6.51. The number of nitrogens with zero attached hydrogens (tertiary/aromatic N) is 3. The molecule has 4 heteroatoms. The van der Waals surface area contributed by atoms with Crippen LogP contribution in [0.2, 0.25) is 0 Å². The van der Waals surface area contributed by atoms with Gasteiger partial charge in [0.15, 0.2) is 5.82 Å². The monoisotopic (exact) mass is 320 g/mol. The highest BCUT2D eigenvalue weighted by molar-refractivity contribution is 5.70. The Balaban J connectivity index is 2.01. The molecule has 24 heavy (non-hydrogen) atoms. The van der Waals surface area contributed by atoms with Gasteiger partial charge in [-0.05, 0) is 58.1 Å². The fourth-order valence-electron chi connectivity index (χ4n) is 3.35. The van der Waals surface area contributed by atoms with Gasteiger partial charge in [-0.1, -0.05) is 24.1 Å². The Hall–Kier alpha value is -2.54. The molecule has 0 unspecified atom stereocenters. The van der Waals surface area contributed by atoms with Gasteiger partial charge in [0.1, 0.15) is 17.2 Å². The number of rotatable bonds is 1. The van der Waals surface area contributed by atoms with Gasteiger partial charge in [0.25, 0.3) is 0 Å². The maximum atomic E-state index is 6.40. The summed E-state index contributed by atoms with van der Waals surface area (Å²) in [7, 11) is 0. The second kappa shape index (κ2) is 6.92. The summed E-state index contributed by atoms with van der Waals surface area (Å²) in [6, 6.07) is 10.7. The van der Waals surface area contributed by atoms with Crippen molar-refractivity contribution in [3.63, 3.8) is 0 Å². The van der Waals surface area contributed by atoms with Crippen molar-refractivity contribution in [2.45, 2.75) is 52.1 Å². The van der Waals surface area contributed by atoms with E-state index in [0.717, 1.165) is 24.2 Å². The molecule has 0 spiro atoms. The Kier molecular flexibility index (Phi) is 4.71. The third-order valence-electron chi connectivity index (χ3n) is 4.57. The van der Waals surface area contributed by atoms with E-state index in [1.807, 2.05) is 37.3 Å². The first-order chi connectivity index (χ1) is 11.6. The van der Waals surface area contributed by atoms with Gasteiger partial charge < -0.3 is 10.6 Å². The largest absolute Gasteiger partial charge is 0.393 e. The number of hydrogen-bond donors (Lipinski definition) is 1. The fourth-order valence-corrected chi connectivity index (χ4v) is 3.35. The summed E-state index contributed by atoms with van der Waals surface area (Å²) < 4.78 is 0. The van der Waals surface area contributed by atoms with Crippen LogP contribution < -0.4 is 10.6 Å². The van der Waals surface area contributed by atoms with E-state index in [0.29, 0.717) is 29.3 Å². The van der Waals surface area contributed by atoms with Crippen molar-refractivity contribution in [3.05, 3.63) is 47.4 Å².